The van der Waals surface area contributed by atoms with Crippen molar-refractivity contribution in [2.24, 2.45) is 0 Å². The molecule has 0 aliphatic carbocycles. The molecule has 0 heterocycles. The fraction of sp³-hybridized carbons (Fsp3) is 0.417. The zero-order valence-corrected chi connectivity index (χ0v) is 11.1. The largest absolute Gasteiger partial charge is 0.354 e. The lowest BCUT2D eigenvalue weighted by molar-refractivity contribution is -0.121. The molecule has 0 fully saturated rings. The van der Waals surface area contributed by atoms with Gasteiger partial charge in [-0.3, -0.25) is 4.79 Å². The molecule has 100 valence electrons. The molecule has 1 rings (SSSR count). The summed E-state index contributed by atoms with van der Waals surface area (Å²) in [6.45, 7) is 3.60. The van der Waals surface area contributed by atoms with Crippen LogP contribution in [0.2, 0.25) is 0 Å². The molecule has 0 atom stereocenters. The van der Waals surface area contributed by atoms with E-state index in [1.54, 1.807) is 13.8 Å². The molecule has 6 heteroatoms. The van der Waals surface area contributed by atoms with E-state index < -0.39 is 15.7 Å². The monoisotopic (exact) mass is 273 g/mol. The van der Waals surface area contributed by atoms with E-state index in [1.165, 1.54) is 12.1 Å². The number of sulfone groups is 1. The first-order valence-electron chi connectivity index (χ1n) is 5.59. The molecule has 18 heavy (non-hydrogen) atoms. The Kier molecular flexibility index (Phi) is 4.84. The molecule has 4 nitrogen and oxygen atoms in total. The van der Waals surface area contributed by atoms with Gasteiger partial charge in [0.25, 0.3) is 0 Å². The van der Waals surface area contributed by atoms with Crippen molar-refractivity contribution in [2.45, 2.75) is 31.2 Å². The summed E-state index contributed by atoms with van der Waals surface area (Å²) >= 11 is 0. The normalized spacial score (nSPS) is 11.6. The number of hydrogen-bond donors (Lipinski definition) is 1. The van der Waals surface area contributed by atoms with Gasteiger partial charge in [-0.15, -0.1) is 0 Å². The van der Waals surface area contributed by atoms with Crippen molar-refractivity contribution in [3.8, 4) is 0 Å². The number of carbonyl (C=O) groups is 1. The first kappa shape index (κ1) is 14.6. The second kappa shape index (κ2) is 5.95. The zero-order chi connectivity index (χ0) is 13.8. The highest BCUT2D eigenvalue weighted by Crippen LogP contribution is 2.12. The van der Waals surface area contributed by atoms with Crippen molar-refractivity contribution < 1.29 is 17.6 Å². The Labute approximate surface area is 106 Å². The van der Waals surface area contributed by atoms with E-state index in [4.69, 9.17) is 0 Å². The molecule has 0 aliphatic rings. The summed E-state index contributed by atoms with van der Waals surface area (Å²) in [5.41, 5.74) is 0. The van der Waals surface area contributed by atoms with Crippen LogP contribution in [0.5, 0.6) is 0 Å². The topological polar surface area (TPSA) is 63.2 Å². The van der Waals surface area contributed by atoms with E-state index in [9.17, 15) is 17.6 Å². The summed E-state index contributed by atoms with van der Waals surface area (Å²) in [5.74, 6) is -1.08. The van der Waals surface area contributed by atoms with E-state index in [-0.39, 0.29) is 29.0 Å². The van der Waals surface area contributed by atoms with Gasteiger partial charge >= 0.3 is 0 Å². The average Bonchev–Trinajstić information content (AvgIpc) is 2.26. The number of benzene rings is 1. The summed E-state index contributed by atoms with van der Waals surface area (Å²) < 4.78 is 36.3. The summed E-state index contributed by atoms with van der Waals surface area (Å²) in [4.78, 5) is 11.4. The standard InChI is InChI=1S/C12H16FNO3S/c1-9(2)14-12(15)7-8-18(16,17)11-5-3-10(13)4-6-11/h3-6,9H,7-8H2,1-2H3,(H,14,15). The molecule has 1 N–H and O–H groups in total. The Morgan fingerprint density at radius 1 is 1.28 bits per heavy atom. The Balaban J connectivity index is 2.66. The van der Waals surface area contributed by atoms with Crippen molar-refractivity contribution >= 4 is 15.7 Å². The highest BCUT2D eigenvalue weighted by Gasteiger charge is 2.16. The average molecular weight is 273 g/mol. The number of nitrogens with one attached hydrogen (secondary N) is 1. The molecule has 1 amide bonds. The van der Waals surface area contributed by atoms with Crippen molar-refractivity contribution in [1.29, 1.82) is 0 Å². The van der Waals surface area contributed by atoms with Crippen LogP contribution in [0.15, 0.2) is 29.2 Å². The van der Waals surface area contributed by atoms with Gasteiger partial charge in [-0.05, 0) is 38.1 Å². The summed E-state index contributed by atoms with van der Waals surface area (Å²) in [7, 11) is -3.54. The van der Waals surface area contributed by atoms with Crippen molar-refractivity contribution in [3.05, 3.63) is 30.1 Å². The molecule has 0 aromatic heterocycles. The highest BCUT2D eigenvalue weighted by molar-refractivity contribution is 7.91. The minimum atomic E-state index is -3.54. The van der Waals surface area contributed by atoms with Gasteiger partial charge in [0.15, 0.2) is 9.84 Å². The number of halogens is 1. The SMILES string of the molecule is CC(C)NC(=O)CCS(=O)(=O)c1ccc(F)cc1. The van der Waals surface area contributed by atoms with Gasteiger partial charge in [0.1, 0.15) is 5.82 Å². The molecule has 1 aromatic rings. The Morgan fingerprint density at radius 2 is 1.83 bits per heavy atom. The van der Waals surface area contributed by atoms with Gasteiger partial charge in [-0.1, -0.05) is 0 Å². The van der Waals surface area contributed by atoms with Crippen LogP contribution in [0.3, 0.4) is 0 Å². The molecular weight excluding hydrogens is 257 g/mol. The van der Waals surface area contributed by atoms with Crippen LogP contribution < -0.4 is 5.32 Å². The van der Waals surface area contributed by atoms with E-state index >= 15 is 0 Å². The van der Waals surface area contributed by atoms with Crippen LogP contribution >= 0.6 is 0 Å². The van der Waals surface area contributed by atoms with Crippen molar-refractivity contribution in [2.75, 3.05) is 5.75 Å². The zero-order valence-electron chi connectivity index (χ0n) is 10.3. The molecule has 0 spiro atoms. The van der Waals surface area contributed by atoms with Gasteiger partial charge in [-0.2, -0.15) is 0 Å². The highest BCUT2D eigenvalue weighted by atomic mass is 32.2. The van der Waals surface area contributed by atoms with Crippen LogP contribution in [-0.2, 0) is 14.6 Å². The lowest BCUT2D eigenvalue weighted by Gasteiger charge is -2.08. The third-order valence-electron chi connectivity index (χ3n) is 2.22. The quantitative estimate of drug-likeness (QED) is 0.827. The first-order valence-corrected chi connectivity index (χ1v) is 7.24. The maximum absolute atomic E-state index is 12.7. The number of rotatable bonds is 5. The predicted octanol–water partition coefficient (Wildman–Crippen LogP) is 1.51. The van der Waals surface area contributed by atoms with E-state index in [2.05, 4.69) is 5.32 Å². The minimum Gasteiger partial charge on any atom is -0.354 e. The molecule has 1 aromatic carbocycles. The van der Waals surface area contributed by atoms with Crippen molar-refractivity contribution in [3.63, 3.8) is 0 Å². The Bertz CT molecular complexity index is 509. The van der Waals surface area contributed by atoms with Crippen LogP contribution in [-0.4, -0.2) is 26.1 Å². The van der Waals surface area contributed by atoms with Gasteiger partial charge in [0.05, 0.1) is 10.6 Å². The van der Waals surface area contributed by atoms with E-state index in [0.717, 1.165) is 12.1 Å². The third kappa shape index (κ3) is 4.44. The van der Waals surface area contributed by atoms with Crippen LogP contribution in [0.1, 0.15) is 20.3 Å². The fourth-order valence-electron chi connectivity index (χ4n) is 1.38. The molecule has 0 bridgehead atoms. The van der Waals surface area contributed by atoms with Crippen LogP contribution in [0.4, 0.5) is 4.39 Å². The summed E-state index contributed by atoms with van der Waals surface area (Å²) in [6.07, 6.45) is -0.0993. The predicted molar refractivity (Wildman–Crippen MR) is 66.3 cm³/mol. The van der Waals surface area contributed by atoms with Crippen LogP contribution in [0, 0.1) is 5.82 Å². The van der Waals surface area contributed by atoms with E-state index in [0.29, 0.717) is 0 Å². The number of carbonyl (C=O) groups excluding carboxylic acids is 1. The Morgan fingerprint density at radius 3 is 2.33 bits per heavy atom. The second-order valence-electron chi connectivity index (χ2n) is 4.25. The molecule has 0 aliphatic heterocycles. The van der Waals surface area contributed by atoms with Gasteiger partial charge < -0.3 is 5.32 Å². The number of hydrogen-bond acceptors (Lipinski definition) is 3. The second-order valence-corrected chi connectivity index (χ2v) is 6.35. The molecule has 0 unspecified atom stereocenters. The minimum absolute atomic E-state index is 0.0222. The van der Waals surface area contributed by atoms with Crippen LogP contribution in [0.25, 0.3) is 0 Å². The molecule has 0 radical (unpaired) electrons. The van der Waals surface area contributed by atoms with Gasteiger partial charge in [-0.25, -0.2) is 12.8 Å². The third-order valence-corrected chi connectivity index (χ3v) is 3.95. The lowest BCUT2D eigenvalue weighted by atomic mass is 10.3. The van der Waals surface area contributed by atoms with E-state index in [1.807, 2.05) is 0 Å². The number of amides is 1. The molecule has 0 saturated carbocycles. The van der Waals surface area contributed by atoms with Gasteiger partial charge in [0.2, 0.25) is 5.91 Å². The summed E-state index contributed by atoms with van der Waals surface area (Å²) in [6, 6.07) is 4.55. The van der Waals surface area contributed by atoms with Crippen molar-refractivity contribution in [1.82, 2.24) is 5.32 Å². The maximum Gasteiger partial charge on any atom is 0.221 e. The fourth-order valence-corrected chi connectivity index (χ4v) is 2.62. The Hall–Kier alpha value is -1.43. The molecule has 0 saturated heterocycles. The smallest absolute Gasteiger partial charge is 0.221 e. The summed E-state index contributed by atoms with van der Waals surface area (Å²) in [5, 5.41) is 2.61. The first-order chi connectivity index (χ1) is 8.31. The maximum atomic E-state index is 12.7. The molecular formula is C12H16FNO3S. The van der Waals surface area contributed by atoms with Gasteiger partial charge in [0, 0.05) is 12.5 Å². The lowest BCUT2D eigenvalue weighted by Crippen LogP contribution is -2.31.